The molecule has 0 atom stereocenters. The van der Waals surface area contributed by atoms with Gasteiger partial charge in [-0.05, 0) is 0 Å². The molecule has 0 aliphatic heterocycles. The first-order valence-electron chi connectivity index (χ1n) is 2.02. The van der Waals surface area contributed by atoms with E-state index in [4.69, 9.17) is 20.4 Å². The van der Waals surface area contributed by atoms with E-state index in [1.807, 2.05) is 0 Å². The maximum Gasteiger partial charge on any atom is 0.297 e. The zero-order valence-electron chi connectivity index (χ0n) is 4.15. The smallest absolute Gasteiger partial charge is 0.297 e. The summed E-state index contributed by atoms with van der Waals surface area (Å²) in [6.45, 7) is -0.330. The highest BCUT2D eigenvalue weighted by Gasteiger charge is 2.10. The fourth-order valence-electron chi connectivity index (χ4n) is 0.211. The largest absolute Gasteiger partial charge is 0.392 e. The third kappa shape index (κ3) is 5.58. The van der Waals surface area contributed by atoms with Crippen molar-refractivity contribution < 1.29 is 20.4 Å². The molecule has 0 fully saturated rings. The van der Waals surface area contributed by atoms with Crippen molar-refractivity contribution in [2.45, 2.75) is 5.97 Å². The van der Waals surface area contributed by atoms with Crippen LogP contribution in [0.25, 0.3) is 0 Å². The van der Waals surface area contributed by atoms with Gasteiger partial charge in [0.15, 0.2) is 0 Å². The van der Waals surface area contributed by atoms with Crippen molar-refractivity contribution in [2.75, 3.05) is 6.61 Å². The summed E-state index contributed by atoms with van der Waals surface area (Å²) in [4.78, 5) is 0. The maximum absolute atomic E-state index is 8.06. The van der Waals surface area contributed by atoms with E-state index in [0.717, 1.165) is 6.08 Å². The second kappa shape index (κ2) is 2.78. The molecule has 4 nitrogen and oxygen atoms in total. The second-order valence-corrected chi connectivity index (χ2v) is 1.27. The Hall–Kier alpha value is -0.420. The lowest BCUT2D eigenvalue weighted by atomic mass is 10.4. The first-order chi connectivity index (χ1) is 3.56. The molecule has 0 amide bonds. The molecule has 0 aromatic heterocycles. The molecular weight excluding hydrogens is 112 g/mol. The molecule has 48 valence electrons. The zero-order valence-corrected chi connectivity index (χ0v) is 4.15. The highest BCUT2D eigenvalue weighted by atomic mass is 16.7. The van der Waals surface area contributed by atoms with Gasteiger partial charge in [-0.25, -0.2) is 0 Å². The van der Waals surface area contributed by atoms with E-state index >= 15 is 0 Å². The van der Waals surface area contributed by atoms with Crippen LogP contribution in [0.5, 0.6) is 0 Å². The fraction of sp³-hybridized carbons (Fsp3) is 0.500. The number of hydrogen-bond donors (Lipinski definition) is 4. The van der Waals surface area contributed by atoms with Gasteiger partial charge in [0.1, 0.15) is 0 Å². The number of rotatable bonds is 2. The van der Waals surface area contributed by atoms with E-state index in [-0.39, 0.29) is 6.61 Å². The van der Waals surface area contributed by atoms with Crippen LogP contribution in [0.3, 0.4) is 0 Å². The highest BCUT2D eigenvalue weighted by Crippen LogP contribution is 1.92. The van der Waals surface area contributed by atoms with E-state index in [1.165, 1.54) is 0 Å². The van der Waals surface area contributed by atoms with Gasteiger partial charge >= 0.3 is 0 Å². The fourth-order valence-corrected chi connectivity index (χ4v) is 0.211. The van der Waals surface area contributed by atoms with Crippen molar-refractivity contribution in [1.29, 1.82) is 0 Å². The van der Waals surface area contributed by atoms with Crippen LogP contribution >= 0.6 is 0 Å². The van der Waals surface area contributed by atoms with Crippen LogP contribution < -0.4 is 0 Å². The van der Waals surface area contributed by atoms with Crippen molar-refractivity contribution in [1.82, 2.24) is 0 Å². The summed E-state index contributed by atoms with van der Waals surface area (Å²) in [7, 11) is 0. The van der Waals surface area contributed by atoms with E-state index in [9.17, 15) is 0 Å². The van der Waals surface area contributed by atoms with Crippen LogP contribution in [-0.4, -0.2) is 33.0 Å². The third-order valence-electron chi connectivity index (χ3n) is 0.447. The van der Waals surface area contributed by atoms with Gasteiger partial charge < -0.3 is 20.4 Å². The molecule has 0 rings (SSSR count). The first-order valence-corrected chi connectivity index (χ1v) is 2.02. The monoisotopic (exact) mass is 120 g/mol. The van der Waals surface area contributed by atoms with Crippen molar-refractivity contribution >= 4 is 0 Å². The van der Waals surface area contributed by atoms with Gasteiger partial charge in [0.2, 0.25) is 0 Å². The van der Waals surface area contributed by atoms with Crippen molar-refractivity contribution in [3.8, 4) is 0 Å². The van der Waals surface area contributed by atoms with E-state index in [2.05, 4.69) is 0 Å². The Morgan fingerprint density at radius 2 is 1.75 bits per heavy atom. The molecular formula is C4H8O4. The molecule has 8 heavy (non-hydrogen) atoms. The van der Waals surface area contributed by atoms with Crippen LogP contribution in [0.4, 0.5) is 0 Å². The molecule has 0 saturated heterocycles. The Balaban J connectivity index is 3.52. The van der Waals surface area contributed by atoms with Gasteiger partial charge in [-0.15, -0.1) is 0 Å². The second-order valence-electron chi connectivity index (χ2n) is 1.27. The predicted molar refractivity (Wildman–Crippen MR) is 25.6 cm³/mol. The molecule has 0 bridgehead atoms. The lowest BCUT2D eigenvalue weighted by Crippen LogP contribution is -2.23. The molecule has 0 radical (unpaired) electrons. The minimum absolute atomic E-state index is 0.330. The van der Waals surface area contributed by atoms with Gasteiger partial charge in [-0.1, -0.05) is 6.08 Å². The Kier molecular flexibility index (Phi) is 2.64. The molecule has 0 spiro atoms. The number of hydrogen-bond acceptors (Lipinski definition) is 4. The van der Waals surface area contributed by atoms with Gasteiger partial charge in [0.25, 0.3) is 5.97 Å². The molecule has 0 saturated carbocycles. The van der Waals surface area contributed by atoms with E-state index in [1.54, 1.807) is 0 Å². The maximum atomic E-state index is 8.06. The summed E-state index contributed by atoms with van der Waals surface area (Å²) in [5.74, 6) is -2.79. The van der Waals surface area contributed by atoms with Gasteiger partial charge in [0, 0.05) is 6.08 Å². The topological polar surface area (TPSA) is 80.9 Å². The Bertz CT molecular complexity index is 80.5. The van der Waals surface area contributed by atoms with E-state index in [0.29, 0.717) is 6.08 Å². The zero-order chi connectivity index (χ0) is 6.62. The number of aliphatic hydroxyl groups is 4. The molecule has 0 aromatic rings. The molecule has 4 heteroatoms. The van der Waals surface area contributed by atoms with Crippen LogP contribution in [0, 0.1) is 0 Å². The molecule has 0 aliphatic carbocycles. The van der Waals surface area contributed by atoms with Crippen LogP contribution in [0.15, 0.2) is 12.2 Å². The third-order valence-corrected chi connectivity index (χ3v) is 0.447. The first kappa shape index (κ1) is 7.58. The van der Waals surface area contributed by atoms with Crippen molar-refractivity contribution in [3.63, 3.8) is 0 Å². The normalized spacial score (nSPS) is 13.0. The summed E-state index contributed by atoms with van der Waals surface area (Å²) in [6.07, 6.45) is 1.67. The lowest BCUT2D eigenvalue weighted by molar-refractivity contribution is -0.273. The summed E-state index contributed by atoms with van der Waals surface area (Å²) in [6, 6.07) is 0. The van der Waals surface area contributed by atoms with Crippen molar-refractivity contribution in [2.24, 2.45) is 0 Å². The minimum atomic E-state index is -2.79. The Labute approximate surface area is 46.3 Å². The molecule has 0 aromatic carbocycles. The quantitative estimate of drug-likeness (QED) is 0.255. The predicted octanol–water partition coefficient (Wildman–Crippen LogP) is -1.83. The van der Waals surface area contributed by atoms with Crippen LogP contribution in [0.2, 0.25) is 0 Å². The Morgan fingerprint density at radius 1 is 1.25 bits per heavy atom. The molecule has 4 N–H and O–H groups in total. The summed E-state index contributed by atoms with van der Waals surface area (Å²) in [5, 5.41) is 32.2. The standard InChI is InChI=1S/C4H8O4/c5-3-1-2-4(6,7)8/h1-2,5-8H,3H2. The molecule has 0 aliphatic rings. The SMILES string of the molecule is OCC=CC(O)(O)O. The summed E-state index contributed by atoms with van der Waals surface area (Å²) in [5.41, 5.74) is 0. The minimum Gasteiger partial charge on any atom is -0.392 e. The Morgan fingerprint density at radius 3 is 1.88 bits per heavy atom. The average Bonchev–Trinajstić information content (AvgIpc) is 1.59. The molecule has 0 unspecified atom stereocenters. The number of aliphatic hydroxyl groups excluding tert-OH is 1. The molecule has 0 heterocycles. The van der Waals surface area contributed by atoms with Gasteiger partial charge in [-0.3, -0.25) is 0 Å². The average molecular weight is 120 g/mol. The summed E-state index contributed by atoms with van der Waals surface area (Å²) < 4.78 is 0. The summed E-state index contributed by atoms with van der Waals surface area (Å²) >= 11 is 0. The highest BCUT2D eigenvalue weighted by molar-refractivity contribution is 4.86. The van der Waals surface area contributed by atoms with Crippen molar-refractivity contribution in [3.05, 3.63) is 12.2 Å². The van der Waals surface area contributed by atoms with E-state index < -0.39 is 5.97 Å². The van der Waals surface area contributed by atoms with Crippen LogP contribution in [0.1, 0.15) is 0 Å². The van der Waals surface area contributed by atoms with Gasteiger partial charge in [-0.2, -0.15) is 0 Å². The lowest BCUT2D eigenvalue weighted by Gasteiger charge is -2.05. The van der Waals surface area contributed by atoms with Crippen LogP contribution in [-0.2, 0) is 0 Å². The van der Waals surface area contributed by atoms with Gasteiger partial charge in [0.05, 0.1) is 6.61 Å².